The van der Waals surface area contributed by atoms with Gasteiger partial charge in [-0.2, -0.15) is 0 Å². The normalized spacial score (nSPS) is 11.5. The van der Waals surface area contributed by atoms with Gasteiger partial charge in [-0.25, -0.2) is 0 Å². The smallest absolute Gasteiger partial charge is 0.0547 e. The third-order valence-corrected chi connectivity index (χ3v) is 13.4. The van der Waals surface area contributed by atoms with E-state index in [0.717, 1.165) is 72.1 Å². The minimum absolute atomic E-state index is 1.03. The van der Waals surface area contributed by atoms with Crippen molar-refractivity contribution in [2.75, 3.05) is 4.90 Å². The molecule has 0 unspecified atom stereocenters. The van der Waals surface area contributed by atoms with Crippen LogP contribution in [-0.2, 0) is 0 Å². The monoisotopic (exact) mass is 836 g/mol. The van der Waals surface area contributed by atoms with Crippen molar-refractivity contribution in [3.8, 4) is 39.1 Å². The summed E-state index contributed by atoms with van der Waals surface area (Å²) < 4.78 is 2.43. The predicted molar refractivity (Wildman–Crippen MR) is 279 cm³/mol. The number of benzene rings is 11. The first-order valence-electron chi connectivity index (χ1n) is 22.6. The summed E-state index contributed by atoms with van der Waals surface area (Å²) in [7, 11) is 0. The zero-order valence-corrected chi connectivity index (χ0v) is 36.0. The molecule has 2 nitrogen and oxygen atoms in total. The largest absolute Gasteiger partial charge is 0.309 e. The maximum Gasteiger partial charge on any atom is 0.0547 e. The zero-order valence-electron chi connectivity index (χ0n) is 36.0. The highest BCUT2D eigenvalue weighted by Crippen LogP contribution is 2.47. The molecule has 1 aromatic heterocycles. The lowest BCUT2D eigenvalue weighted by atomic mass is 9.94. The summed E-state index contributed by atoms with van der Waals surface area (Å²) >= 11 is 0. The molecule has 0 bridgehead atoms. The molecule has 12 aromatic carbocycles. The number of hydrogen-bond acceptors (Lipinski definition) is 1. The van der Waals surface area contributed by atoms with Crippen LogP contribution < -0.4 is 4.90 Å². The molecule has 13 aromatic rings. The van der Waals surface area contributed by atoms with Gasteiger partial charge in [-0.3, -0.25) is 0 Å². The molecule has 13 rings (SSSR count). The van der Waals surface area contributed by atoms with Crippen LogP contribution in [0.25, 0.3) is 104 Å². The van der Waals surface area contributed by atoms with E-state index >= 15 is 0 Å². The van der Waals surface area contributed by atoms with Crippen molar-refractivity contribution in [1.82, 2.24) is 4.57 Å². The Labute approximate surface area is 383 Å². The molecule has 0 aliphatic heterocycles. The Balaban J connectivity index is 1.01. The standard InChI is InChI=1S/C64H40N2/c1-2-19-46-40-49(35-34-43(46)16-1)53-37-39-62(58-28-8-7-27-55(53)58)65(60-32-11-9-29-57(60)56-31-15-20-44-17-3-5-25-52(44)56)50-23-13-21-47(41-50)48-22-14-24-51(42-48)66-61-33-12-10-30-59(61)64-54-26-6-4-18-45(54)36-38-63(64)66/h1-33,36-42H. The van der Waals surface area contributed by atoms with Crippen molar-refractivity contribution >= 4 is 82.0 Å². The Kier molecular flexibility index (Phi) is 8.79. The van der Waals surface area contributed by atoms with Gasteiger partial charge in [0.25, 0.3) is 0 Å². The van der Waals surface area contributed by atoms with Crippen LogP contribution in [0.3, 0.4) is 0 Å². The molecule has 0 N–H and O–H groups in total. The van der Waals surface area contributed by atoms with Gasteiger partial charge in [0.15, 0.2) is 0 Å². The minimum Gasteiger partial charge on any atom is -0.309 e. The maximum atomic E-state index is 3.51. The van der Waals surface area contributed by atoms with Crippen molar-refractivity contribution in [2.24, 2.45) is 0 Å². The fourth-order valence-corrected chi connectivity index (χ4v) is 10.4. The van der Waals surface area contributed by atoms with Crippen LogP contribution in [0.5, 0.6) is 0 Å². The second-order valence-corrected chi connectivity index (χ2v) is 17.1. The van der Waals surface area contributed by atoms with Crippen LogP contribution in [0.2, 0.25) is 0 Å². The lowest BCUT2D eigenvalue weighted by Gasteiger charge is -2.30. The van der Waals surface area contributed by atoms with Gasteiger partial charge in [0.05, 0.1) is 22.4 Å². The van der Waals surface area contributed by atoms with Crippen molar-refractivity contribution in [3.05, 3.63) is 255 Å². The topological polar surface area (TPSA) is 8.17 Å². The quantitative estimate of drug-likeness (QED) is 0.155. The van der Waals surface area contributed by atoms with E-state index in [2.05, 4.69) is 264 Å². The Morgan fingerprint density at radius 3 is 1.85 bits per heavy atom. The lowest BCUT2D eigenvalue weighted by Crippen LogP contribution is -2.12. The third-order valence-electron chi connectivity index (χ3n) is 13.4. The highest BCUT2D eigenvalue weighted by atomic mass is 15.1. The van der Waals surface area contributed by atoms with Gasteiger partial charge in [-0.1, -0.05) is 194 Å². The molecule has 0 amide bonds. The molecular weight excluding hydrogens is 797 g/mol. The highest BCUT2D eigenvalue weighted by molar-refractivity contribution is 6.21. The fraction of sp³-hybridized carbons (Fsp3) is 0. The average molecular weight is 837 g/mol. The van der Waals surface area contributed by atoms with E-state index in [4.69, 9.17) is 0 Å². The number of aromatic nitrogens is 1. The van der Waals surface area contributed by atoms with Crippen LogP contribution in [0.4, 0.5) is 17.1 Å². The highest BCUT2D eigenvalue weighted by Gasteiger charge is 2.22. The Bertz CT molecular complexity index is 4020. The Hall–Kier alpha value is -8.90. The summed E-state index contributed by atoms with van der Waals surface area (Å²) in [4.78, 5) is 2.46. The van der Waals surface area contributed by atoms with Gasteiger partial charge in [0.2, 0.25) is 0 Å². The lowest BCUT2D eigenvalue weighted by molar-refractivity contribution is 1.18. The molecule has 0 aliphatic carbocycles. The number of anilines is 3. The van der Waals surface area contributed by atoms with Gasteiger partial charge in [0, 0.05) is 44.0 Å². The molecule has 1 heterocycles. The van der Waals surface area contributed by atoms with Crippen LogP contribution in [0.1, 0.15) is 0 Å². The summed E-state index contributed by atoms with van der Waals surface area (Å²) in [5, 5.41) is 12.0. The second kappa shape index (κ2) is 15.4. The molecule has 0 saturated carbocycles. The van der Waals surface area contributed by atoms with E-state index in [1.807, 2.05) is 0 Å². The third kappa shape index (κ3) is 6.14. The van der Waals surface area contributed by atoms with Crippen molar-refractivity contribution < 1.29 is 0 Å². The van der Waals surface area contributed by atoms with Gasteiger partial charge >= 0.3 is 0 Å². The van der Waals surface area contributed by atoms with Gasteiger partial charge < -0.3 is 9.47 Å². The van der Waals surface area contributed by atoms with Crippen LogP contribution in [-0.4, -0.2) is 4.57 Å². The van der Waals surface area contributed by atoms with Gasteiger partial charge in [-0.05, 0) is 115 Å². The van der Waals surface area contributed by atoms with Crippen LogP contribution >= 0.6 is 0 Å². The summed E-state index contributed by atoms with van der Waals surface area (Å²) in [6.07, 6.45) is 0. The summed E-state index contributed by atoms with van der Waals surface area (Å²) in [6.45, 7) is 0. The number of fused-ring (bicyclic) bond motifs is 8. The molecule has 0 aliphatic rings. The van der Waals surface area contributed by atoms with Gasteiger partial charge in [-0.15, -0.1) is 0 Å². The van der Waals surface area contributed by atoms with E-state index in [1.54, 1.807) is 0 Å². The number of nitrogens with zero attached hydrogens (tertiary/aromatic N) is 2. The first-order chi connectivity index (χ1) is 32.7. The predicted octanol–water partition coefficient (Wildman–Crippen LogP) is 17.5. The minimum atomic E-state index is 1.03. The summed E-state index contributed by atoms with van der Waals surface area (Å²) in [5.74, 6) is 0. The van der Waals surface area contributed by atoms with E-state index in [9.17, 15) is 0 Å². The van der Waals surface area contributed by atoms with Crippen molar-refractivity contribution in [2.45, 2.75) is 0 Å². The summed E-state index contributed by atoms with van der Waals surface area (Å²) in [5.41, 5.74) is 13.6. The second-order valence-electron chi connectivity index (χ2n) is 17.1. The maximum absolute atomic E-state index is 3.51. The molecule has 66 heavy (non-hydrogen) atoms. The van der Waals surface area contributed by atoms with E-state index < -0.39 is 0 Å². The molecule has 2 heteroatoms. The number of rotatable bonds is 7. The van der Waals surface area contributed by atoms with Gasteiger partial charge in [0.1, 0.15) is 0 Å². The molecule has 0 atom stereocenters. The number of hydrogen-bond donors (Lipinski definition) is 0. The first-order valence-corrected chi connectivity index (χ1v) is 22.6. The molecule has 0 radical (unpaired) electrons. The van der Waals surface area contributed by atoms with E-state index in [0.29, 0.717) is 0 Å². The summed E-state index contributed by atoms with van der Waals surface area (Å²) in [6, 6.07) is 95.2. The molecule has 0 fully saturated rings. The first kappa shape index (κ1) is 37.6. The van der Waals surface area contributed by atoms with E-state index in [1.165, 1.54) is 48.9 Å². The van der Waals surface area contributed by atoms with Crippen LogP contribution in [0, 0.1) is 12.1 Å². The SMILES string of the molecule is c1c(-c2ccc(N(c3cccc(-c4cccc(-n5c6ccccc6c6c7ccccc7ccc65)c4)c3)c3ccccc3-c3cccc4ccccc34)c3ccccc23)cc2ccccc2c#1. The zero-order chi connectivity index (χ0) is 43.6. The molecular formula is C64H40N2. The molecule has 0 saturated heterocycles. The molecule has 306 valence electrons. The van der Waals surface area contributed by atoms with Crippen LogP contribution in [0.15, 0.2) is 243 Å². The van der Waals surface area contributed by atoms with Crippen molar-refractivity contribution in [1.29, 1.82) is 0 Å². The Morgan fingerprint density at radius 1 is 0.333 bits per heavy atom. The van der Waals surface area contributed by atoms with E-state index in [-0.39, 0.29) is 0 Å². The number of para-hydroxylation sites is 2. The molecule has 0 spiro atoms. The fourth-order valence-electron chi connectivity index (χ4n) is 10.4. The van der Waals surface area contributed by atoms with Crippen molar-refractivity contribution in [3.63, 3.8) is 0 Å². The Morgan fingerprint density at radius 2 is 0.970 bits per heavy atom. The average Bonchev–Trinajstić information content (AvgIpc) is 3.74.